The Hall–Kier alpha value is -2.08. The molecule has 1 fully saturated rings. The molecule has 0 N–H and O–H groups in total. The van der Waals surface area contributed by atoms with Crippen LogP contribution >= 0.6 is 0 Å². The van der Waals surface area contributed by atoms with Gasteiger partial charge in [-0.25, -0.2) is 0 Å². The van der Waals surface area contributed by atoms with Crippen molar-refractivity contribution in [2.45, 2.75) is 71.1 Å². The van der Waals surface area contributed by atoms with Gasteiger partial charge in [-0.1, -0.05) is 87.7 Å². The number of hydrogen-bond acceptors (Lipinski definition) is 0. The molecule has 0 nitrogen and oxygen atoms in total. The first-order chi connectivity index (χ1) is 13.8. The summed E-state index contributed by atoms with van der Waals surface area (Å²) >= 11 is 0. The third-order valence-electron chi connectivity index (χ3n) is 6.70. The quantitative estimate of drug-likeness (QED) is 0.408. The Morgan fingerprint density at radius 3 is 2.07 bits per heavy atom. The molecule has 1 aliphatic carbocycles. The summed E-state index contributed by atoms with van der Waals surface area (Å²) in [7, 11) is 0. The molecule has 28 heavy (non-hydrogen) atoms. The van der Waals surface area contributed by atoms with Gasteiger partial charge in [0.1, 0.15) is 0 Å². The van der Waals surface area contributed by atoms with Crippen molar-refractivity contribution in [3.8, 4) is 11.1 Å². The molecule has 3 aromatic carbocycles. The molecule has 0 atom stereocenters. The van der Waals surface area contributed by atoms with Gasteiger partial charge in [0, 0.05) is 0 Å². The van der Waals surface area contributed by atoms with E-state index in [0.717, 1.165) is 11.8 Å². The van der Waals surface area contributed by atoms with E-state index in [1.54, 1.807) is 5.56 Å². The third kappa shape index (κ3) is 4.32. The second kappa shape index (κ2) is 8.95. The standard InChI is InChI=1S/C28H34/c1-3-5-21-7-10-23(11-8-21)24-13-15-25(16-14-24)27-18-17-26-19-22(6-4-2)9-12-28(26)20-27/h9,12-21,23H,3-8,10-11H2,1-2H3. The van der Waals surface area contributed by atoms with Crippen LogP contribution in [-0.2, 0) is 6.42 Å². The summed E-state index contributed by atoms with van der Waals surface area (Å²) in [6.45, 7) is 4.57. The topological polar surface area (TPSA) is 0 Å². The average Bonchev–Trinajstić information content (AvgIpc) is 2.75. The highest BCUT2D eigenvalue weighted by Gasteiger charge is 2.21. The van der Waals surface area contributed by atoms with Crippen molar-refractivity contribution >= 4 is 10.8 Å². The molecule has 3 aromatic rings. The molecule has 0 saturated heterocycles. The second-order valence-electron chi connectivity index (χ2n) is 8.77. The van der Waals surface area contributed by atoms with E-state index in [1.807, 2.05) is 0 Å². The molecule has 0 aliphatic heterocycles. The highest BCUT2D eigenvalue weighted by molar-refractivity contribution is 5.87. The molecule has 0 spiro atoms. The Labute approximate surface area is 171 Å². The van der Waals surface area contributed by atoms with E-state index >= 15 is 0 Å². The Morgan fingerprint density at radius 2 is 1.36 bits per heavy atom. The van der Waals surface area contributed by atoms with Crippen LogP contribution in [0.3, 0.4) is 0 Å². The molecule has 1 aliphatic rings. The highest BCUT2D eigenvalue weighted by atomic mass is 14.3. The lowest BCUT2D eigenvalue weighted by Gasteiger charge is -2.28. The Balaban J connectivity index is 1.48. The largest absolute Gasteiger partial charge is 0.0654 e. The maximum absolute atomic E-state index is 2.38. The van der Waals surface area contributed by atoms with Crippen molar-refractivity contribution in [2.24, 2.45) is 5.92 Å². The monoisotopic (exact) mass is 370 g/mol. The van der Waals surface area contributed by atoms with Crippen molar-refractivity contribution in [2.75, 3.05) is 0 Å². The van der Waals surface area contributed by atoms with E-state index in [0.29, 0.717) is 0 Å². The lowest BCUT2D eigenvalue weighted by atomic mass is 9.77. The Bertz CT molecular complexity index is 895. The minimum Gasteiger partial charge on any atom is -0.0654 e. The highest BCUT2D eigenvalue weighted by Crippen LogP contribution is 2.38. The van der Waals surface area contributed by atoms with Crippen LogP contribution in [0.1, 0.15) is 75.8 Å². The smallest absolute Gasteiger partial charge is 0.0162 e. The SMILES string of the molecule is CCCc1ccc2cc(-c3ccc(C4CCC(CCC)CC4)cc3)ccc2c1. The summed E-state index contributed by atoms with van der Waals surface area (Å²) in [4.78, 5) is 0. The van der Waals surface area contributed by atoms with Crippen LogP contribution < -0.4 is 0 Å². The number of rotatable bonds is 6. The van der Waals surface area contributed by atoms with Gasteiger partial charge >= 0.3 is 0 Å². The number of aryl methyl sites for hydroxylation is 1. The fourth-order valence-corrected chi connectivity index (χ4v) is 5.06. The first kappa shape index (κ1) is 19.2. The van der Waals surface area contributed by atoms with Crippen LogP contribution in [0.5, 0.6) is 0 Å². The molecule has 0 aromatic heterocycles. The van der Waals surface area contributed by atoms with Crippen LogP contribution in [-0.4, -0.2) is 0 Å². The van der Waals surface area contributed by atoms with E-state index in [9.17, 15) is 0 Å². The zero-order valence-electron chi connectivity index (χ0n) is 17.6. The fraction of sp³-hybridized carbons (Fsp3) is 0.429. The molecule has 0 unspecified atom stereocenters. The first-order valence-electron chi connectivity index (χ1n) is 11.4. The minimum absolute atomic E-state index is 0.774. The van der Waals surface area contributed by atoms with Gasteiger partial charge in [-0.15, -0.1) is 0 Å². The van der Waals surface area contributed by atoms with Gasteiger partial charge in [0.2, 0.25) is 0 Å². The molecule has 0 bridgehead atoms. The van der Waals surface area contributed by atoms with Crippen LogP contribution in [0.4, 0.5) is 0 Å². The van der Waals surface area contributed by atoms with E-state index in [1.165, 1.54) is 78.8 Å². The van der Waals surface area contributed by atoms with E-state index in [2.05, 4.69) is 74.5 Å². The van der Waals surface area contributed by atoms with Crippen LogP contribution in [0.2, 0.25) is 0 Å². The second-order valence-corrected chi connectivity index (χ2v) is 8.77. The fourth-order valence-electron chi connectivity index (χ4n) is 5.06. The molecular formula is C28H34. The van der Waals surface area contributed by atoms with Crippen molar-refractivity contribution in [3.05, 3.63) is 71.8 Å². The normalized spacial score (nSPS) is 19.8. The van der Waals surface area contributed by atoms with E-state index in [-0.39, 0.29) is 0 Å². The lowest BCUT2D eigenvalue weighted by molar-refractivity contribution is 0.308. The van der Waals surface area contributed by atoms with Gasteiger partial charge in [0.05, 0.1) is 0 Å². The Kier molecular flexibility index (Phi) is 6.15. The molecule has 1 saturated carbocycles. The predicted molar refractivity (Wildman–Crippen MR) is 123 cm³/mol. The van der Waals surface area contributed by atoms with E-state index in [4.69, 9.17) is 0 Å². The minimum atomic E-state index is 0.774. The van der Waals surface area contributed by atoms with E-state index < -0.39 is 0 Å². The summed E-state index contributed by atoms with van der Waals surface area (Å²) in [5, 5.41) is 2.70. The van der Waals surface area contributed by atoms with Crippen LogP contribution in [0.25, 0.3) is 21.9 Å². The first-order valence-corrected chi connectivity index (χ1v) is 11.4. The van der Waals surface area contributed by atoms with Crippen molar-refractivity contribution in [1.82, 2.24) is 0 Å². The van der Waals surface area contributed by atoms with Gasteiger partial charge in [-0.2, -0.15) is 0 Å². The van der Waals surface area contributed by atoms with Gasteiger partial charge in [-0.05, 0) is 83.0 Å². The summed E-state index contributed by atoms with van der Waals surface area (Å²) in [6, 6.07) is 23.3. The average molecular weight is 371 g/mol. The van der Waals surface area contributed by atoms with Crippen molar-refractivity contribution in [1.29, 1.82) is 0 Å². The summed E-state index contributed by atoms with van der Waals surface area (Å²) < 4.78 is 0. The third-order valence-corrected chi connectivity index (χ3v) is 6.70. The maximum atomic E-state index is 2.38. The Morgan fingerprint density at radius 1 is 0.679 bits per heavy atom. The molecule has 0 radical (unpaired) electrons. The van der Waals surface area contributed by atoms with Gasteiger partial charge in [0.15, 0.2) is 0 Å². The van der Waals surface area contributed by atoms with Gasteiger partial charge in [0.25, 0.3) is 0 Å². The van der Waals surface area contributed by atoms with Crippen LogP contribution in [0, 0.1) is 5.92 Å². The summed E-state index contributed by atoms with van der Waals surface area (Å²) in [5.41, 5.74) is 5.65. The zero-order chi connectivity index (χ0) is 19.3. The zero-order valence-corrected chi connectivity index (χ0v) is 17.6. The van der Waals surface area contributed by atoms with Crippen molar-refractivity contribution in [3.63, 3.8) is 0 Å². The molecule has 146 valence electrons. The maximum Gasteiger partial charge on any atom is -0.0162 e. The van der Waals surface area contributed by atoms with Crippen molar-refractivity contribution < 1.29 is 0 Å². The molecule has 4 rings (SSSR count). The molecule has 0 amide bonds. The summed E-state index contributed by atoms with van der Waals surface area (Å²) in [5.74, 6) is 1.76. The number of benzene rings is 3. The molecule has 0 heteroatoms. The van der Waals surface area contributed by atoms with Crippen LogP contribution in [0.15, 0.2) is 60.7 Å². The number of hydrogen-bond donors (Lipinski definition) is 0. The summed E-state index contributed by atoms with van der Waals surface area (Å²) in [6.07, 6.45) is 10.7. The number of fused-ring (bicyclic) bond motifs is 1. The predicted octanol–water partition coefficient (Wildman–Crippen LogP) is 8.53. The molecular weight excluding hydrogens is 336 g/mol. The molecule has 0 heterocycles. The van der Waals surface area contributed by atoms with Gasteiger partial charge < -0.3 is 0 Å². The van der Waals surface area contributed by atoms with Gasteiger partial charge in [-0.3, -0.25) is 0 Å². The lowest BCUT2D eigenvalue weighted by Crippen LogP contribution is -2.13.